The van der Waals surface area contributed by atoms with E-state index in [0.29, 0.717) is 11.1 Å². The van der Waals surface area contributed by atoms with Gasteiger partial charge >= 0.3 is 0 Å². The topological polar surface area (TPSA) is 18.5 Å². The number of nitrogens with one attached hydrogen (secondary N) is 1. The van der Waals surface area contributed by atoms with Gasteiger partial charge in [-0.25, -0.2) is 52.7 Å². The summed E-state index contributed by atoms with van der Waals surface area (Å²) >= 11 is 7.74. The van der Waals surface area contributed by atoms with Crippen molar-refractivity contribution >= 4 is 120 Å². The second kappa shape index (κ2) is 27.2. The van der Waals surface area contributed by atoms with Crippen LogP contribution in [0, 0.1) is 69.8 Å². The molecule has 0 amide bonds. The van der Waals surface area contributed by atoms with Crippen LogP contribution in [0.25, 0.3) is 43.1 Å². The Kier molecular flexibility index (Phi) is 19.9. The summed E-state index contributed by atoms with van der Waals surface area (Å²) < 4.78 is 185. The number of anilines is 8. The molecule has 0 spiro atoms. The molecule has 0 atom stereocenters. The van der Waals surface area contributed by atoms with Crippen molar-refractivity contribution in [2.45, 2.75) is 105 Å². The van der Waals surface area contributed by atoms with Gasteiger partial charge in [0.1, 0.15) is 104 Å². The Morgan fingerprint density at radius 3 is 0.649 bits per heavy atom. The van der Waals surface area contributed by atoms with Crippen molar-refractivity contribution in [2.75, 3.05) is 15.1 Å². The zero-order valence-corrected chi connectivity index (χ0v) is 58.2. The summed E-state index contributed by atoms with van der Waals surface area (Å²) in [5, 5.41) is 7.47. The van der Waals surface area contributed by atoms with Crippen LogP contribution in [-0.2, 0) is 21.7 Å². The molecule has 0 aliphatic rings. The van der Waals surface area contributed by atoms with E-state index in [4.69, 9.17) is 0 Å². The molecule has 0 unspecified atom stereocenters. The molecule has 500 valence electrons. The Morgan fingerprint density at radius 1 is 0.237 bits per heavy atom. The van der Waals surface area contributed by atoms with E-state index in [2.05, 4.69) is 115 Å². The third kappa shape index (κ3) is 14.2. The highest BCUT2D eigenvalue weighted by Gasteiger charge is 2.35. The highest BCUT2D eigenvalue weighted by molar-refractivity contribution is 9.11. The summed E-state index contributed by atoms with van der Waals surface area (Å²) in [4.78, 5) is 1.65. The Bertz CT molecular complexity index is 4510. The van der Waals surface area contributed by atoms with Gasteiger partial charge in [-0.2, -0.15) is 0 Å². The molecule has 0 saturated carbocycles. The minimum Gasteiger partial charge on any atom is -0.346 e. The number of benzene rings is 12. The first-order valence-electron chi connectivity index (χ1n) is 30.9. The molecule has 0 heterocycles. The number of hydrogen-bond donors (Lipinski definition) is 1. The maximum Gasteiger partial charge on any atom is 0.150 e. The zero-order chi connectivity index (χ0) is 70.7. The highest BCUT2D eigenvalue weighted by atomic mass is 79.9. The summed E-state index contributed by atoms with van der Waals surface area (Å²) in [7, 11) is 0. The number of rotatable bonds is 8. The fourth-order valence-corrected chi connectivity index (χ4v) is 12.8. The average molecular weight is 1460 g/mol. The van der Waals surface area contributed by atoms with Crippen molar-refractivity contribution in [1.29, 1.82) is 0 Å². The van der Waals surface area contributed by atoms with Crippen LogP contribution in [0.3, 0.4) is 0 Å². The minimum atomic E-state index is -1.15. The molecule has 0 bridgehead atoms. The van der Waals surface area contributed by atoms with Crippen molar-refractivity contribution in [2.24, 2.45) is 0 Å². The van der Waals surface area contributed by atoms with Gasteiger partial charge in [0.2, 0.25) is 0 Å². The fourth-order valence-electron chi connectivity index (χ4n) is 11.5. The third-order valence-corrected chi connectivity index (χ3v) is 18.5. The van der Waals surface area contributed by atoms with Gasteiger partial charge in [0.05, 0.1) is 11.4 Å². The second-order valence-corrected chi connectivity index (χ2v) is 29.2. The molecule has 3 nitrogen and oxygen atoms in total. The van der Waals surface area contributed by atoms with Crippen LogP contribution in [0.4, 0.5) is 98.2 Å². The molecule has 12 aromatic carbocycles. The lowest BCUT2D eigenvalue weighted by molar-refractivity contribution is 0.569. The van der Waals surface area contributed by atoms with E-state index < -0.39 is 115 Å². The van der Waals surface area contributed by atoms with Crippen molar-refractivity contribution < 1.29 is 52.7 Å². The van der Waals surface area contributed by atoms with E-state index in [0.717, 1.165) is 119 Å². The lowest BCUT2D eigenvalue weighted by atomic mass is 9.82. The predicted molar refractivity (Wildman–Crippen MR) is 378 cm³/mol. The Balaban J connectivity index is 0.000000202. The van der Waals surface area contributed by atoms with E-state index in [-0.39, 0.29) is 43.7 Å². The molecule has 1 N–H and O–H groups in total. The van der Waals surface area contributed by atoms with E-state index in [1.165, 1.54) is 41.6 Å². The van der Waals surface area contributed by atoms with Crippen LogP contribution in [0.1, 0.15) is 105 Å². The maximum atomic E-state index is 16.2. The molecule has 97 heavy (non-hydrogen) atoms. The quantitative estimate of drug-likeness (QED) is 0.0929. The second-order valence-electron chi connectivity index (χ2n) is 27.6. The van der Waals surface area contributed by atoms with E-state index in [1.54, 1.807) is 36.4 Å². The predicted octanol–water partition coefficient (Wildman–Crippen LogP) is 26.7. The molecule has 0 radical (unpaired) electrons. The molecule has 0 fully saturated rings. The largest absolute Gasteiger partial charge is 0.346 e. The fraction of sp³-hybridized carbons (Fsp3) is 0.200. The van der Waals surface area contributed by atoms with Crippen molar-refractivity contribution in [3.05, 3.63) is 283 Å². The summed E-state index contributed by atoms with van der Waals surface area (Å²) in [6, 6.07) is 41.8. The maximum absolute atomic E-state index is 16.2. The number of fused-ring (bicyclic) bond motifs is 4. The van der Waals surface area contributed by atoms with Gasteiger partial charge < -0.3 is 5.32 Å². The molecular weight excluding hydrogens is 1390 g/mol. The van der Waals surface area contributed by atoms with Crippen LogP contribution in [0.5, 0.6) is 0 Å². The van der Waals surface area contributed by atoms with Gasteiger partial charge in [0.15, 0.2) is 0 Å². The molecule has 0 aliphatic carbocycles. The van der Waals surface area contributed by atoms with E-state index in [1.807, 2.05) is 41.5 Å². The smallest absolute Gasteiger partial charge is 0.150 e. The average Bonchev–Trinajstić information content (AvgIpc) is 0.706. The lowest BCUT2D eigenvalue weighted by Gasteiger charge is -2.34. The van der Waals surface area contributed by atoms with Gasteiger partial charge in [-0.3, -0.25) is 9.80 Å². The Morgan fingerprint density at radius 2 is 0.433 bits per heavy atom. The van der Waals surface area contributed by atoms with Gasteiger partial charge in [-0.15, -0.1) is 0 Å². The Hall–Kier alpha value is -8.80. The molecule has 0 saturated heterocycles. The van der Waals surface area contributed by atoms with Crippen LogP contribution in [0.15, 0.2) is 191 Å². The number of para-hydroxylation sites is 6. The summed E-state index contributed by atoms with van der Waals surface area (Å²) in [5.74, 6) is -12.9. The number of nitrogens with zero attached hydrogens (tertiary/aromatic N) is 2. The number of halogens is 14. The lowest BCUT2D eigenvalue weighted by Crippen LogP contribution is -2.21. The van der Waals surface area contributed by atoms with Crippen molar-refractivity contribution in [3.63, 3.8) is 0 Å². The van der Waals surface area contributed by atoms with Crippen LogP contribution < -0.4 is 15.1 Å². The molecule has 12 aromatic rings. The van der Waals surface area contributed by atoms with Crippen LogP contribution >= 0.6 is 31.9 Å². The van der Waals surface area contributed by atoms with E-state index in [9.17, 15) is 17.6 Å². The summed E-state index contributed by atoms with van der Waals surface area (Å²) in [5.41, 5.74) is -1.55. The molecule has 0 aliphatic heterocycles. The highest BCUT2D eigenvalue weighted by Crippen LogP contribution is 2.55. The first kappa shape index (κ1) is 71.0. The van der Waals surface area contributed by atoms with Crippen LogP contribution in [0.2, 0.25) is 0 Å². The minimum absolute atomic E-state index is 0.0790. The van der Waals surface area contributed by atoms with Gasteiger partial charge in [-0.1, -0.05) is 168 Å². The molecule has 12 rings (SSSR count). The molecule has 17 heteroatoms. The van der Waals surface area contributed by atoms with Crippen LogP contribution in [-0.4, -0.2) is 0 Å². The first-order chi connectivity index (χ1) is 45.5. The Labute approximate surface area is 572 Å². The van der Waals surface area contributed by atoms with Crippen molar-refractivity contribution in [1.82, 2.24) is 0 Å². The third-order valence-electron chi connectivity index (χ3n) is 16.8. The van der Waals surface area contributed by atoms with Gasteiger partial charge in [0.25, 0.3) is 0 Å². The SMILES string of the molecule is CC(C)(C)c1ccc2c(Br)c3cc(C(C)(C)C)ccc3c(Br)c2c1.CC(C)(C)c1ccc2c(N(c3c(F)cccc3F)c3c(F)cccc3F)c3cc(C(C)(C)C)ccc3c(N(c3c(F)cccc3F)c3c(F)cccc3F)c2c1.Fc1cccc(F)c1Nc1c(F)cccc1F. The monoisotopic (exact) mass is 1460 g/mol. The molecule has 0 aromatic heterocycles. The molecular formula is C80H67Br2F12N3. The van der Waals surface area contributed by atoms with E-state index >= 15 is 35.1 Å². The first-order valence-corrected chi connectivity index (χ1v) is 32.5. The summed E-state index contributed by atoms with van der Waals surface area (Å²) in [6.07, 6.45) is 0. The van der Waals surface area contributed by atoms with Crippen molar-refractivity contribution in [3.8, 4) is 0 Å². The normalized spacial score (nSPS) is 12.0. The zero-order valence-electron chi connectivity index (χ0n) is 55.0. The van der Waals surface area contributed by atoms with Gasteiger partial charge in [0, 0.05) is 30.5 Å². The number of hydrogen-bond acceptors (Lipinski definition) is 3. The van der Waals surface area contributed by atoms with Gasteiger partial charge in [-0.05, 0) is 194 Å². The summed E-state index contributed by atoms with van der Waals surface area (Å²) in [6.45, 7) is 24.9. The standard InChI is InChI=1S/C46H36F8N2.C22H24Br2.C12H7F4N/c1-45(2,3)25-19-21-27-29(23-25)39(55(41-31(47)11-7-12-32(41)48)42-33(49)13-8-14-34(42)50)28-22-20-26(46(4,5)6)24-30(28)40(27)56(43-35(51)15-9-16-36(43)52)44-37(53)17-10-18-38(44)54;1-21(2,3)13-7-9-15-17(11-13)19(23)16-10-8-14(22(4,5)6)12-18(16)20(15)24;13-7-3-1-4-8(14)11(7)17-12-9(15)5-2-6-10(12)16/h7-24H,1-6H3;7-12H,1-6H3;1-6,17H.